The molecule has 1 N–H and O–H groups in total. The van der Waals surface area contributed by atoms with Gasteiger partial charge in [-0.25, -0.2) is 0 Å². The second-order valence-corrected chi connectivity index (χ2v) is 7.42. The van der Waals surface area contributed by atoms with Crippen LogP contribution in [-0.4, -0.2) is 40.6 Å². The van der Waals surface area contributed by atoms with Crippen LogP contribution in [0.3, 0.4) is 0 Å². The van der Waals surface area contributed by atoms with E-state index < -0.39 is 29.6 Å². The van der Waals surface area contributed by atoms with E-state index in [1.54, 1.807) is 18.2 Å². The molecule has 0 saturated carbocycles. The number of halogens is 3. The van der Waals surface area contributed by atoms with Gasteiger partial charge < -0.3 is 10.2 Å². The van der Waals surface area contributed by atoms with Crippen LogP contribution >= 0.6 is 11.8 Å². The highest BCUT2D eigenvalue weighted by Gasteiger charge is 2.38. The minimum atomic E-state index is -4.72. The number of nitrogens with one attached hydrogen (secondary N) is 1. The maximum Gasteiger partial charge on any atom is 0.417 e. The molecule has 30 heavy (non-hydrogen) atoms. The third-order valence-corrected chi connectivity index (χ3v) is 5.42. The number of carbonyl (C=O) groups is 2. The highest BCUT2D eigenvalue weighted by Crippen LogP contribution is 2.34. The number of rotatable bonds is 4. The summed E-state index contributed by atoms with van der Waals surface area (Å²) in [6, 6.07) is 14.3. The molecule has 1 aliphatic rings. The van der Waals surface area contributed by atoms with E-state index in [-0.39, 0.29) is 17.2 Å². The van der Waals surface area contributed by atoms with Gasteiger partial charge in [0.2, 0.25) is 11.8 Å². The molecule has 0 spiro atoms. The van der Waals surface area contributed by atoms with Gasteiger partial charge in [-0.2, -0.15) is 18.4 Å². The van der Waals surface area contributed by atoms with Crippen LogP contribution in [0.5, 0.6) is 0 Å². The largest absolute Gasteiger partial charge is 0.417 e. The number of nitrogens with zero attached hydrogens (tertiary/aromatic N) is 2. The van der Waals surface area contributed by atoms with E-state index in [0.29, 0.717) is 17.3 Å². The maximum atomic E-state index is 13.5. The number of anilines is 1. The van der Waals surface area contributed by atoms with E-state index in [1.807, 2.05) is 6.07 Å². The molecule has 0 aliphatic carbocycles. The summed E-state index contributed by atoms with van der Waals surface area (Å²) in [5.41, 5.74) is -0.328. The van der Waals surface area contributed by atoms with Crippen molar-refractivity contribution in [2.75, 3.05) is 16.9 Å². The second kappa shape index (κ2) is 9.05. The summed E-state index contributed by atoms with van der Waals surface area (Å²) in [6.45, 7) is 0. The predicted octanol–water partition coefficient (Wildman–Crippen LogP) is 4.04. The van der Waals surface area contributed by atoms with E-state index >= 15 is 0 Å². The molecular weight excluding hydrogens is 415 g/mol. The van der Waals surface area contributed by atoms with Crippen molar-refractivity contribution in [3.05, 3.63) is 71.8 Å². The van der Waals surface area contributed by atoms with Crippen molar-refractivity contribution in [1.82, 2.24) is 4.90 Å². The first kappa shape index (κ1) is 21.5. The average molecular weight is 431 g/mol. The molecule has 3 rings (SSSR count). The molecule has 1 fully saturated rings. The van der Waals surface area contributed by atoms with Gasteiger partial charge in [-0.05, 0) is 29.8 Å². The van der Waals surface area contributed by atoms with Crippen LogP contribution in [0.25, 0.3) is 5.57 Å². The topological polar surface area (TPSA) is 73.2 Å². The molecule has 2 aromatic carbocycles. The number of carbonyl (C=O) groups excluding carboxylic acids is 2. The van der Waals surface area contributed by atoms with Crippen molar-refractivity contribution >= 4 is 34.8 Å². The molecule has 2 amide bonds. The molecule has 1 aliphatic heterocycles. The van der Waals surface area contributed by atoms with E-state index in [9.17, 15) is 22.8 Å². The van der Waals surface area contributed by atoms with Gasteiger partial charge in [-0.15, -0.1) is 11.8 Å². The molecular formula is C21H16F3N3O2S. The first-order valence-electron chi connectivity index (χ1n) is 8.83. The standard InChI is InChI=1S/C21H16F3N3O2S/c22-21(23,24)17(15-4-2-1-3-5-15)10-19(28)27-13-30-12-18(27)20(29)26-16-8-6-14(11-25)7-9-16/h1-10,18H,12-13H2,(H,26,29)/b17-10+. The smallest absolute Gasteiger partial charge is 0.324 e. The first-order chi connectivity index (χ1) is 14.3. The number of benzene rings is 2. The van der Waals surface area contributed by atoms with Crippen LogP contribution in [-0.2, 0) is 9.59 Å². The molecule has 1 saturated heterocycles. The normalized spacial score (nSPS) is 16.8. The van der Waals surface area contributed by atoms with E-state index in [1.165, 1.54) is 48.2 Å². The van der Waals surface area contributed by atoms with Crippen LogP contribution in [0.15, 0.2) is 60.7 Å². The van der Waals surface area contributed by atoms with Gasteiger partial charge >= 0.3 is 6.18 Å². The third kappa shape index (κ3) is 5.02. The summed E-state index contributed by atoms with van der Waals surface area (Å²) in [7, 11) is 0. The van der Waals surface area contributed by atoms with Gasteiger partial charge in [0.15, 0.2) is 0 Å². The lowest BCUT2D eigenvalue weighted by molar-refractivity contribution is -0.132. The minimum Gasteiger partial charge on any atom is -0.324 e. The monoisotopic (exact) mass is 431 g/mol. The van der Waals surface area contributed by atoms with E-state index in [4.69, 9.17) is 5.26 Å². The summed E-state index contributed by atoms with van der Waals surface area (Å²) in [6.07, 6.45) is -4.17. The number of allylic oxidation sites excluding steroid dienone is 1. The lowest BCUT2D eigenvalue weighted by Gasteiger charge is -2.22. The summed E-state index contributed by atoms with van der Waals surface area (Å²) in [5, 5.41) is 11.5. The summed E-state index contributed by atoms with van der Waals surface area (Å²) >= 11 is 1.28. The minimum absolute atomic E-state index is 0.112. The Kier molecular flexibility index (Phi) is 6.47. The lowest BCUT2D eigenvalue weighted by atomic mass is 10.0. The predicted molar refractivity (Wildman–Crippen MR) is 108 cm³/mol. The van der Waals surface area contributed by atoms with Crippen molar-refractivity contribution in [2.45, 2.75) is 12.2 Å². The molecule has 0 bridgehead atoms. The summed E-state index contributed by atoms with van der Waals surface area (Å²) in [5.74, 6) is -0.995. The Balaban J connectivity index is 1.79. The highest BCUT2D eigenvalue weighted by atomic mass is 32.2. The Labute approximate surface area is 175 Å². The molecule has 0 radical (unpaired) electrons. The van der Waals surface area contributed by atoms with E-state index in [0.717, 1.165) is 4.90 Å². The Hall–Kier alpha value is -3.25. The second-order valence-electron chi connectivity index (χ2n) is 6.42. The summed E-state index contributed by atoms with van der Waals surface area (Å²) < 4.78 is 40.5. The molecule has 9 heteroatoms. The molecule has 0 aromatic heterocycles. The fourth-order valence-electron chi connectivity index (χ4n) is 2.88. The molecule has 5 nitrogen and oxygen atoms in total. The number of hydrogen-bond donors (Lipinski definition) is 1. The highest BCUT2D eigenvalue weighted by molar-refractivity contribution is 7.99. The van der Waals surface area contributed by atoms with Gasteiger partial charge in [0, 0.05) is 17.5 Å². The van der Waals surface area contributed by atoms with E-state index in [2.05, 4.69) is 5.32 Å². The zero-order valence-corrected chi connectivity index (χ0v) is 16.3. The fourth-order valence-corrected chi connectivity index (χ4v) is 4.05. The van der Waals surface area contributed by atoms with Crippen LogP contribution in [0.4, 0.5) is 18.9 Å². The molecule has 1 atom stereocenters. The Morgan fingerprint density at radius 3 is 2.40 bits per heavy atom. The SMILES string of the molecule is N#Cc1ccc(NC(=O)C2CSCN2C(=O)/C=C(\c2ccccc2)C(F)(F)F)cc1. The molecule has 1 unspecified atom stereocenters. The first-order valence-corrected chi connectivity index (χ1v) is 9.99. The van der Waals surface area contributed by atoms with Crippen LogP contribution in [0.2, 0.25) is 0 Å². The van der Waals surface area contributed by atoms with Crippen molar-refractivity contribution in [3.63, 3.8) is 0 Å². The van der Waals surface area contributed by atoms with Crippen molar-refractivity contribution in [2.24, 2.45) is 0 Å². The molecule has 2 aromatic rings. The van der Waals surface area contributed by atoms with Gasteiger partial charge in [-0.1, -0.05) is 30.3 Å². The number of thioether (sulfide) groups is 1. The van der Waals surface area contributed by atoms with Crippen LogP contribution < -0.4 is 5.32 Å². The third-order valence-electron chi connectivity index (χ3n) is 4.41. The van der Waals surface area contributed by atoms with Crippen molar-refractivity contribution < 1.29 is 22.8 Å². The number of nitriles is 1. The molecule has 154 valence electrons. The lowest BCUT2D eigenvalue weighted by Crippen LogP contribution is -2.44. The van der Waals surface area contributed by atoms with Crippen molar-refractivity contribution in [3.8, 4) is 6.07 Å². The molecule has 1 heterocycles. The Morgan fingerprint density at radius 1 is 1.13 bits per heavy atom. The number of alkyl halides is 3. The number of amides is 2. The quantitative estimate of drug-likeness (QED) is 0.742. The summed E-state index contributed by atoms with van der Waals surface area (Å²) in [4.78, 5) is 26.4. The average Bonchev–Trinajstić information content (AvgIpc) is 3.22. The van der Waals surface area contributed by atoms with Gasteiger partial charge in [-0.3, -0.25) is 9.59 Å². The zero-order valence-electron chi connectivity index (χ0n) is 15.5. The zero-order chi connectivity index (χ0) is 21.7. The van der Waals surface area contributed by atoms with Gasteiger partial charge in [0.1, 0.15) is 6.04 Å². The Bertz CT molecular complexity index is 999. The Morgan fingerprint density at radius 2 is 1.80 bits per heavy atom. The van der Waals surface area contributed by atoms with Crippen LogP contribution in [0, 0.1) is 11.3 Å². The number of hydrogen-bond acceptors (Lipinski definition) is 4. The van der Waals surface area contributed by atoms with Gasteiger partial charge in [0.05, 0.1) is 23.1 Å². The fraction of sp³-hybridized carbons (Fsp3) is 0.190. The van der Waals surface area contributed by atoms with Gasteiger partial charge in [0.25, 0.3) is 0 Å². The maximum absolute atomic E-state index is 13.5. The van der Waals surface area contributed by atoms with Crippen molar-refractivity contribution in [1.29, 1.82) is 5.26 Å². The van der Waals surface area contributed by atoms with Crippen LogP contribution in [0.1, 0.15) is 11.1 Å².